The maximum Gasteiger partial charge on any atom is 0.160 e. The monoisotopic (exact) mass is 713 g/mol. The molecule has 0 aliphatic carbocycles. The van der Waals surface area contributed by atoms with E-state index < -0.39 is 0 Å². The summed E-state index contributed by atoms with van der Waals surface area (Å²) in [6, 6.07) is 8.40. The van der Waals surface area contributed by atoms with Gasteiger partial charge in [0.15, 0.2) is 5.78 Å². The number of hydrogen-bond donors (Lipinski definition) is 0. The number of rotatable bonds is 8. The third-order valence-corrected chi connectivity index (χ3v) is 8.14. The Hall–Kier alpha value is -2.32. The van der Waals surface area contributed by atoms with Gasteiger partial charge in [-0.15, -0.1) is 13.2 Å². The van der Waals surface area contributed by atoms with E-state index in [9.17, 15) is 4.79 Å². The van der Waals surface area contributed by atoms with Crippen LogP contribution in [0.1, 0.15) is 192 Å². The van der Waals surface area contributed by atoms with Crippen molar-refractivity contribution in [2.24, 2.45) is 17.3 Å². The topological polar surface area (TPSA) is 17.1 Å². The molecule has 0 aromatic heterocycles. The Morgan fingerprint density at radius 3 is 1.20 bits per heavy atom. The molecule has 2 heteroatoms. The van der Waals surface area contributed by atoms with Crippen molar-refractivity contribution in [2.75, 3.05) is 0 Å². The smallest absolute Gasteiger partial charge is 0.160 e. The summed E-state index contributed by atoms with van der Waals surface area (Å²) in [5, 5.41) is 0. The van der Waals surface area contributed by atoms with E-state index in [0.29, 0.717) is 5.41 Å². The van der Waals surface area contributed by atoms with E-state index >= 15 is 0 Å². The van der Waals surface area contributed by atoms with Crippen LogP contribution in [0.2, 0.25) is 0 Å². The third kappa shape index (κ3) is 32.9. The van der Waals surface area contributed by atoms with Crippen molar-refractivity contribution in [1.82, 2.24) is 0 Å². The SMILES string of the molecule is C=C.C=C(CC)CC(C)(C)C(C)C.CC.CC.CC(=O)c1cc(C)c(C)cc1C.CC(=S)c1cc(C)c(C)cc1C.CC(C)C.CCCCC. The molecule has 1 nitrogen and oxygen atoms in total. The van der Waals surface area contributed by atoms with Gasteiger partial charge < -0.3 is 0 Å². The van der Waals surface area contributed by atoms with Crippen molar-refractivity contribution in [3.05, 3.63) is 94.1 Å². The molecule has 2 aromatic carbocycles. The molecule has 0 saturated carbocycles. The van der Waals surface area contributed by atoms with Gasteiger partial charge in [-0.05, 0) is 130 Å². The summed E-state index contributed by atoms with van der Waals surface area (Å²) < 4.78 is 0. The van der Waals surface area contributed by atoms with Gasteiger partial charge in [-0.25, -0.2) is 0 Å². The predicted octanol–water partition coefficient (Wildman–Crippen LogP) is 16.9. The minimum absolute atomic E-state index is 0.149. The van der Waals surface area contributed by atoms with E-state index in [1.807, 2.05) is 54.5 Å². The first-order chi connectivity index (χ1) is 23.1. The summed E-state index contributed by atoms with van der Waals surface area (Å²) in [4.78, 5) is 12.1. The minimum atomic E-state index is 0.149. The van der Waals surface area contributed by atoms with E-state index in [0.717, 1.165) is 34.2 Å². The van der Waals surface area contributed by atoms with Gasteiger partial charge in [0.2, 0.25) is 0 Å². The second-order valence-electron chi connectivity index (χ2n) is 14.1. The van der Waals surface area contributed by atoms with Crippen molar-refractivity contribution in [1.29, 1.82) is 0 Å². The number of carbonyl (C=O) groups excluding carboxylic acids is 1. The molecule has 292 valence electrons. The molecular formula is C48H88OS. The van der Waals surface area contributed by atoms with Gasteiger partial charge >= 0.3 is 0 Å². The van der Waals surface area contributed by atoms with Gasteiger partial charge in [-0.2, -0.15) is 0 Å². The molecule has 0 spiro atoms. The highest BCUT2D eigenvalue weighted by molar-refractivity contribution is 7.80. The quantitative estimate of drug-likeness (QED) is 0.154. The second-order valence-corrected chi connectivity index (χ2v) is 14.7. The molecule has 0 unspecified atom stereocenters. The minimum Gasteiger partial charge on any atom is -0.295 e. The molecule has 0 amide bonds. The molecule has 0 bridgehead atoms. The largest absolute Gasteiger partial charge is 0.295 e. The average Bonchev–Trinajstić information content (AvgIpc) is 3.04. The van der Waals surface area contributed by atoms with E-state index in [-0.39, 0.29) is 5.78 Å². The van der Waals surface area contributed by atoms with Crippen molar-refractivity contribution in [2.45, 2.75) is 184 Å². The van der Waals surface area contributed by atoms with E-state index in [4.69, 9.17) is 12.2 Å². The number of benzene rings is 2. The number of hydrogen-bond acceptors (Lipinski definition) is 2. The summed E-state index contributed by atoms with van der Waals surface area (Å²) in [6.07, 6.45) is 6.37. The lowest BCUT2D eigenvalue weighted by molar-refractivity contribution is 0.101. The number of Topliss-reactive ketones (excluding diaryl/α,β-unsaturated/α-hetero) is 1. The Morgan fingerprint density at radius 1 is 0.660 bits per heavy atom. The fraction of sp³-hybridized carbons (Fsp3) is 0.625. The number of aryl methyl sites for hydroxylation is 6. The molecule has 2 rings (SSSR count). The highest BCUT2D eigenvalue weighted by atomic mass is 32.1. The van der Waals surface area contributed by atoms with Crippen LogP contribution >= 0.6 is 12.2 Å². The summed E-state index contributed by atoms with van der Waals surface area (Å²) in [6.45, 7) is 56.4. The Labute approximate surface area is 322 Å². The standard InChI is InChI=1S/C11H14O.C11H14S.C11H22.C5H12.C4H10.2C2H6.C2H4/c2*1-7-5-9(3)11(10(4)12)6-8(7)2;1-7-10(4)8-11(5,6)9(2)3;1-3-5-4-2;1-4(2)3;3*1-2/h2*5-6H,1-4H3;9H,4,7-8H2,1-3,5-6H3;3-5H2,1-2H3;4H,1-3H3;2*1-2H3;1-2H2. The Bertz CT molecular complexity index is 1070. The maximum absolute atomic E-state index is 11.1. The maximum atomic E-state index is 11.1. The van der Waals surface area contributed by atoms with Crippen molar-refractivity contribution in [3.8, 4) is 0 Å². The predicted molar refractivity (Wildman–Crippen MR) is 241 cm³/mol. The number of unbranched alkanes of at least 4 members (excludes halogenated alkanes) is 2. The Morgan fingerprint density at radius 2 is 0.960 bits per heavy atom. The summed E-state index contributed by atoms with van der Waals surface area (Å²) in [5.74, 6) is 1.72. The molecule has 0 fully saturated rings. The Balaban J connectivity index is -0.000000122. The first-order valence-electron chi connectivity index (χ1n) is 19.4. The second kappa shape index (κ2) is 36.5. The van der Waals surface area contributed by atoms with E-state index in [1.165, 1.54) is 64.6 Å². The van der Waals surface area contributed by atoms with Crippen LogP contribution in [0.5, 0.6) is 0 Å². The molecule has 0 heterocycles. The fourth-order valence-electron chi connectivity index (χ4n) is 4.01. The first kappa shape index (κ1) is 59.8. The zero-order valence-corrected chi connectivity index (χ0v) is 38.8. The zero-order chi connectivity index (χ0) is 41.4. The Kier molecular flexibility index (Phi) is 43.6. The molecule has 0 saturated heterocycles. The lowest BCUT2D eigenvalue weighted by Crippen LogP contribution is -2.19. The van der Waals surface area contributed by atoms with Crippen LogP contribution in [0.3, 0.4) is 0 Å². The van der Waals surface area contributed by atoms with E-state index in [2.05, 4.69) is 135 Å². The molecule has 0 aliphatic rings. The van der Waals surface area contributed by atoms with Crippen LogP contribution in [0.15, 0.2) is 49.6 Å². The normalized spacial score (nSPS) is 9.36. The van der Waals surface area contributed by atoms with E-state index in [1.54, 1.807) is 6.92 Å². The van der Waals surface area contributed by atoms with Crippen molar-refractivity contribution >= 4 is 22.9 Å². The number of ketones is 1. The van der Waals surface area contributed by atoms with Crippen LogP contribution in [0.4, 0.5) is 0 Å². The molecule has 2 aromatic rings. The lowest BCUT2D eigenvalue weighted by Gasteiger charge is -2.29. The molecule has 0 N–H and O–H groups in total. The van der Waals surface area contributed by atoms with Gasteiger partial charge in [0.05, 0.1) is 0 Å². The summed E-state index contributed by atoms with van der Waals surface area (Å²) >= 11 is 5.15. The lowest BCUT2D eigenvalue weighted by atomic mass is 9.76. The van der Waals surface area contributed by atoms with Crippen LogP contribution in [0.25, 0.3) is 0 Å². The summed E-state index contributed by atoms with van der Waals surface area (Å²) in [7, 11) is 0. The van der Waals surface area contributed by atoms with Crippen LogP contribution in [0, 0.1) is 58.8 Å². The van der Waals surface area contributed by atoms with Crippen molar-refractivity contribution < 1.29 is 4.79 Å². The molecule has 0 radical (unpaired) electrons. The average molecular weight is 713 g/mol. The number of carbonyl (C=O) groups is 1. The molecule has 50 heavy (non-hydrogen) atoms. The van der Waals surface area contributed by atoms with Crippen LogP contribution < -0.4 is 0 Å². The van der Waals surface area contributed by atoms with Gasteiger partial charge in [0.25, 0.3) is 0 Å². The van der Waals surface area contributed by atoms with Crippen LogP contribution in [-0.2, 0) is 0 Å². The number of thiocarbonyl (C=S) groups is 1. The van der Waals surface area contributed by atoms with Gasteiger partial charge in [-0.3, -0.25) is 4.79 Å². The molecule has 0 aliphatic heterocycles. The fourth-order valence-corrected chi connectivity index (χ4v) is 4.23. The molecular weight excluding hydrogens is 625 g/mol. The summed E-state index contributed by atoms with van der Waals surface area (Å²) in [5.41, 5.74) is 11.3. The van der Waals surface area contributed by atoms with Crippen LogP contribution in [-0.4, -0.2) is 10.6 Å². The van der Waals surface area contributed by atoms with Gasteiger partial charge in [0.1, 0.15) is 0 Å². The number of allylic oxidation sites excluding steroid dienone is 1. The van der Waals surface area contributed by atoms with Gasteiger partial charge in [-0.1, -0.05) is 159 Å². The highest BCUT2D eigenvalue weighted by Gasteiger charge is 2.22. The third-order valence-electron chi connectivity index (χ3n) is 7.92. The molecule has 0 atom stereocenters. The first-order valence-corrected chi connectivity index (χ1v) is 19.8. The highest BCUT2D eigenvalue weighted by Crippen LogP contribution is 2.33. The van der Waals surface area contributed by atoms with Crippen molar-refractivity contribution in [3.63, 3.8) is 0 Å². The van der Waals surface area contributed by atoms with Gasteiger partial charge in [0, 0.05) is 10.4 Å². The zero-order valence-electron chi connectivity index (χ0n) is 37.9.